The van der Waals surface area contributed by atoms with E-state index in [1.165, 1.54) is 12.1 Å². The first-order valence-corrected chi connectivity index (χ1v) is 7.49. The zero-order valence-corrected chi connectivity index (χ0v) is 13.3. The fourth-order valence-corrected chi connectivity index (χ4v) is 3.49. The Morgan fingerprint density at radius 1 is 1.17 bits per heavy atom. The lowest BCUT2D eigenvalue weighted by Crippen LogP contribution is -1.98. The van der Waals surface area contributed by atoms with Gasteiger partial charge in [0.25, 0.3) is 0 Å². The summed E-state index contributed by atoms with van der Waals surface area (Å²) >= 11 is 13.1. The van der Waals surface area contributed by atoms with Gasteiger partial charge in [-0.3, -0.25) is 0 Å². The smallest absolute Gasteiger partial charge is 0.123 e. The van der Waals surface area contributed by atoms with Gasteiger partial charge < -0.3 is 0 Å². The van der Waals surface area contributed by atoms with Crippen LogP contribution in [0.2, 0.25) is 5.02 Å². The molecule has 18 heavy (non-hydrogen) atoms. The first-order chi connectivity index (χ1) is 8.58. The summed E-state index contributed by atoms with van der Waals surface area (Å²) in [7, 11) is 0. The Hall–Kier alpha value is -0.380. The van der Waals surface area contributed by atoms with Crippen LogP contribution in [0.1, 0.15) is 16.0 Å². The Bertz CT molecular complexity index is 557. The lowest BCUT2D eigenvalue weighted by atomic mass is 10.0. The number of rotatable bonds is 3. The predicted octanol–water partition coefficient (Wildman–Crippen LogP) is 5.92. The first kappa shape index (κ1) is 14.0. The van der Waals surface area contributed by atoms with Crippen LogP contribution in [0, 0.1) is 5.82 Å². The third-order valence-corrected chi connectivity index (χ3v) is 4.56. The van der Waals surface area contributed by atoms with Crippen LogP contribution in [-0.2, 0) is 6.42 Å². The molecule has 0 bridgehead atoms. The second kappa shape index (κ2) is 6.18. The van der Waals surface area contributed by atoms with Gasteiger partial charge in [-0.2, -0.15) is 0 Å². The summed E-state index contributed by atoms with van der Waals surface area (Å²) < 4.78 is 14.1. The third kappa shape index (κ3) is 3.34. The molecule has 0 fully saturated rings. The molecule has 0 saturated heterocycles. The second-order valence-electron chi connectivity index (χ2n) is 3.93. The van der Waals surface area contributed by atoms with Crippen molar-refractivity contribution in [3.8, 4) is 0 Å². The third-order valence-electron chi connectivity index (χ3n) is 2.65. The maximum Gasteiger partial charge on any atom is 0.123 e. The monoisotopic (exact) mass is 390 g/mol. The van der Waals surface area contributed by atoms with Crippen molar-refractivity contribution in [2.24, 2.45) is 0 Å². The van der Waals surface area contributed by atoms with E-state index >= 15 is 0 Å². The molecule has 0 aromatic heterocycles. The fourth-order valence-electron chi connectivity index (χ4n) is 1.72. The number of alkyl halides is 1. The molecule has 0 aliphatic rings. The maximum absolute atomic E-state index is 13.3. The van der Waals surface area contributed by atoms with Gasteiger partial charge in [-0.1, -0.05) is 61.7 Å². The van der Waals surface area contributed by atoms with E-state index in [4.69, 9.17) is 11.6 Å². The van der Waals surface area contributed by atoms with Gasteiger partial charge in [-0.25, -0.2) is 4.39 Å². The number of benzene rings is 2. The van der Waals surface area contributed by atoms with E-state index in [0.29, 0.717) is 6.42 Å². The number of halogens is 4. The normalized spacial score (nSPS) is 12.4. The summed E-state index contributed by atoms with van der Waals surface area (Å²) in [4.78, 5) is 0.0162. The van der Waals surface area contributed by atoms with Crippen molar-refractivity contribution < 1.29 is 4.39 Å². The van der Waals surface area contributed by atoms with Gasteiger partial charge in [0.15, 0.2) is 0 Å². The van der Waals surface area contributed by atoms with Crippen LogP contribution >= 0.6 is 43.5 Å². The molecule has 1 unspecified atom stereocenters. The SMILES string of the molecule is Fc1ccc(Br)c(C(Br)Cc2ccccc2Cl)c1. The summed E-state index contributed by atoms with van der Waals surface area (Å²) in [6, 6.07) is 12.4. The van der Waals surface area contributed by atoms with Crippen molar-refractivity contribution in [1.29, 1.82) is 0 Å². The molecule has 2 aromatic rings. The molecule has 0 amide bonds. The molecule has 2 rings (SSSR count). The van der Waals surface area contributed by atoms with Crippen LogP contribution in [0.15, 0.2) is 46.9 Å². The van der Waals surface area contributed by atoms with Crippen LogP contribution in [0.5, 0.6) is 0 Å². The average Bonchev–Trinajstić information content (AvgIpc) is 2.35. The summed E-state index contributed by atoms with van der Waals surface area (Å²) in [5, 5.41) is 0.731. The van der Waals surface area contributed by atoms with Crippen LogP contribution in [0.3, 0.4) is 0 Å². The lowest BCUT2D eigenvalue weighted by Gasteiger charge is -2.13. The molecule has 0 saturated carbocycles. The highest BCUT2D eigenvalue weighted by molar-refractivity contribution is 9.11. The highest BCUT2D eigenvalue weighted by Crippen LogP contribution is 2.34. The van der Waals surface area contributed by atoms with Crippen LogP contribution in [-0.4, -0.2) is 0 Å². The quantitative estimate of drug-likeness (QED) is 0.569. The van der Waals surface area contributed by atoms with Crippen LogP contribution < -0.4 is 0 Å². The van der Waals surface area contributed by atoms with E-state index in [0.717, 1.165) is 20.6 Å². The molecule has 1 atom stereocenters. The molecule has 94 valence electrons. The van der Waals surface area contributed by atoms with E-state index in [1.807, 2.05) is 24.3 Å². The molecule has 0 radical (unpaired) electrons. The van der Waals surface area contributed by atoms with Crippen molar-refractivity contribution in [3.05, 3.63) is 68.9 Å². The summed E-state index contributed by atoms with van der Waals surface area (Å²) in [6.07, 6.45) is 0.710. The van der Waals surface area contributed by atoms with Crippen LogP contribution in [0.4, 0.5) is 4.39 Å². The topological polar surface area (TPSA) is 0 Å². The van der Waals surface area contributed by atoms with E-state index in [1.54, 1.807) is 6.07 Å². The van der Waals surface area contributed by atoms with E-state index < -0.39 is 0 Å². The van der Waals surface area contributed by atoms with Gasteiger partial charge in [-0.15, -0.1) is 0 Å². The molecular formula is C14H10Br2ClF. The first-order valence-electron chi connectivity index (χ1n) is 5.40. The fraction of sp³-hybridized carbons (Fsp3) is 0.143. The van der Waals surface area contributed by atoms with E-state index in [-0.39, 0.29) is 10.6 Å². The molecule has 0 aliphatic heterocycles. The molecule has 0 spiro atoms. The molecule has 0 heterocycles. The number of hydrogen-bond acceptors (Lipinski definition) is 0. The molecule has 0 aliphatic carbocycles. The molecule has 0 N–H and O–H groups in total. The Morgan fingerprint density at radius 3 is 2.61 bits per heavy atom. The molecule has 0 nitrogen and oxygen atoms in total. The summed E-state index contributed by atoms with van der Waals surface area (Å²) in [5.74, 6) is -0.239. The minimum Gasteiger partial charge on any atom is -0.207 e. The largest absolute Gasteiger partial charge is 0.207 e. The average molecular weight is 392 g/mol. The highest BCUT2D eigenvalue weighted by atomic mass is 79.9. The minimum atomic E-state index is -0.239. The van der Waals surface area contributed by atoms with Gasteiger partial charge in [0.2, 0.25) is 0 Å². The van der Waals surface area contributed by atoms with Gasteiger partial charge in [0, 0.05) is 14.3 Å². The maximum atomic E-state index is 13.3. The Morgan fingerprint density at radius 2 is 1.89 bits per heavy atom. The van der Waals surface area contributed by atoms with Gasteiger partial charge >= 0.3 is 0 Å². The van der Waals surface area contributed by atoms with E-state index in [9.17, 15) is 4.39 Å². The van der Waals surface area contributed by atoms with E-state index in [2.05, 4.69) is 31.9 Å². The van der Waals surface area contributed by atoms with Gasteiger partial charge in [0.1, 0.15) is 5.82 Å². The van der Waals surface area contributed by atoms with Crippen molar-refractivity contribution in [3.63, 3.8) is 0 Å². The standard InChI is InChI=1S/C14H10Br2ClF/c15-12-6-5-10(18)8-11(12)13(16)7-9-3-1-2-4-14(9)17/h1-6,8,13H,7H2. The zero-order chi connectivity index (χ0) is 13.1. The second-order valence-corrected chi connectivity index (χ2v) is 6.30. The lowest BCUT2D eigenvalue weighted by molar-refractivity contribution is 0.624. The minimum absolute atomic E-state index is 0.0162. The molecule has 4 heteroatoms. The zero-order valence-electron chi connectivity index (χ0n) is 9.34. The predicted molar refractivity (Wildman–Crippen MR) is 80.9 cm³/mol. The Labute approximate surface area is 127 Å². The van der Waals surface area contributed by atoms with Crippen LogP contribution in [0.25, 0.3) is 0 Å². The van der Waals surface area contributed by atoms with Crippen molar-refractivity contribution >= 4 is 43.5 Å². The number of hydrogen-bond donors (Lipinski definition) is 0. The summed E-state index contributed by atoms with van der Waals surface area (Å²) in [6.45, 7) is 0. The van der Waals surface area contributed by atoms with Gasteiger partial charge in [-0.05, 0) is 41.8 Å². The highest BCUT2D eigenvalue weighted by Gasteiger charge is 2.14. The molecular weight excluding hydrogens is 382 g/mol. The van der Waals surface area contributed by atoms with Crippen molar-refractivity contribution in [2.75, 3.05) is 0 Å². The van der Waals surface area contributed by atoms with Crippen molar-refractivity contribution in [2.45, 2.75) is 11.2 Å². The summed E-state index contributed by atoms with van der Waals surface area (Å²) in [5.41, 5.74) is 1.92. The Kier molecular flexibility index (Phi) is 4.82. The Balaban J connectivity index is 2.25. The molecule has 2 aromatic carbocycles. The van der Waals surface area contributed by atoms with Gasteiger partial charge in [0.05, 0.1) is 0 Å². The van der Waals surface area contributed by atoms with Crippen molar-refractivity contribution in [1.82, 2.24) is 0 Å².